The number of hydrogen-bond acceptors (Lipinski definition) is 4. The number of likely N-dealkylation sites (tertiary alicyclic amines) is 1. The van der Waals surface area contributed by atoms with Crippen molar-refractivity contribution in [2.45, 2.75) is 44.1 Å². The average molecular weight is 249 g/mol. The van der Waals surface area contributed by atoms with Crippen molar-refractivity contribution in [2.24, 2.45) is 5.92 Å². The Hall–Kier alpha value is -1.41. The highest BCUT2D eigenvalue weighted by molar-refractivity contribution is 6.01. The molecule has 2 unspecified atom stereocenters. The molecule has 98 valence electrons. The maximum absolute atomic E-state index is 11.5. The second kappa shape index (κ2) is 5.07. The van der Waals surface area contributed by atoms with Crippen LogP contribution in [0, 0.1) is 17.2 Å². The van der Waals surface area contributed by atoms with Crippen molar-refractivity contribution in [3.05, 3.63) is 0 Å². The third-order valence-electron chi connectivity index (χ3n) is 4.32. The number of hydrogen-bond donors (Lipinski definition) is 1. The summed E-state index contributed by atoms with van der Waals surface area (Å²) in [5.41, 5.74) is -0.466. The molecule has 1 saturated heterocycles. The van der Waals surface area contributed by atoms with Gasteiger partial charge in [-0.2, -0.15) is 5.26 Å². The van der Waals surface area contributed by atoms with Crippen LogP contribution < -0.4 is 5.32 Å². The Morgan fingerprint density at radius 3 is 2.67 bits per heavy atom. The van der Waals surface area contributed by atoms with Crippen LogP contribution in [0.25, 0.3) is 0 Å². The van der Waals surface area contributed by atoms with Gasteiger partial charge in [-0.25, -0.2) is 0 Å². The predicted molar refractivity (Wildman–Crippen MR) is 65.3 cm³/mol. The van der Waals surface area contributed by atoms with Gasteiger partial charge in [0.15, 0.2) is 0 Å². The minimum Gasteiger partial charge on any atom is -0.302 e. The maximum atomic E-state index is 11.5. The lowest BCUT2D eigenvalue weighted by atomic mass is 9.86. The van der Waals surface area contributed by atoms with Gasteiger partial charge in [0.1, 0.15) is 5.54 Å². The molecule has 1 aliphatic heterocycles. The molecule has 1 N–H and O–H groups in total. The van der Waals surface area contributed by atoms with Crippen molar-refractivity contribution in [1.82, 2.24) is 10.2 Å². The number of carbonyl (C=O) groups is 2. The lowest BCUT2D eigenvalue weighted by Crippen LogP contribution is -2.46. The SMILES string of the molecule is CNC1(C#N)CCCC1CCN1C(=O)CCC1=O. The summed E-state index contributed by atoms with van der Waals surface area (Å²) in [6.45, 7) is 0.466. The second-order valence-electron chi connectivity index (χ2n) is 5.15. The molecule has 5 heteroatoms. The second-order valence-corrected chi connectivity index (χ2v) is 5.15. The van der Waals surface area contributed by atoms with Gasteiger partial charge in [0, 0.05) is 19.4 Å². The van der Waals surface area contributed by atoms with Crippen molar-refractivity contribution < 1.29 is 9.59 Å². The fourth-order valence-electron chi connectivity index (χ4n) is 3.16. The molecular formula is C13H19N3O2. The molecule has 2 amide bonds. The summed E-state index contributed by atoms with van der Waals surface area (Å²) in [6, 6.07) is 2.38. The zero-order chi connectivity index (χ0) is 13.2. The van der Waals surface area contributed by atoms with Crippen molar-refractivity contribution in [3.8, 4) is 6.07 Å². The first-order valence-electron chi connectivity index (χ1n) is 6.56. The Kier molecular flexibility index (Phi) is 3.67. The largest absolute Gasteiger partial charge is 0.302 e. The van der Waals surface area contributed by atoms with E-state index in [9.17, 15) is 14.9 Å². The number of carbonyl (C=O) groups excluding carboxylic acids is 2. The first-order valence-corrected chi connectivity index (χ1v) is 6.56. The molecule has 18 heavy (non-hydrogen) atoms. The van der Waals surface area contributed by atoms with Gasteiger partial charge in [0.2, 0.25) is 11.8 Å². The molecule has 2 atom stereocenters. The zero-order valence-corrected chi connectivity index (χ0v) is 10.7. The van der Waals surface area contributed by atoms with E-state index >= 15 is 0 Å². The van der Waals surface area contributed by atoms with Crippen molar-refractivity contribution >= 4 is 11.8 Å². The van der Waals surface area contributed by atoms with Gasteiger partial charge >= 0.3 is 0 Å². The number of amides is 2. The van der Waals surface area contributed by atoms with Crippen LogP contribution in [0.4, 0.5) is 0 Å². The Morgan fingerprint density at radius 1 is 1.44 bits per heavy atom. The molecule has 2 rings (SSSR count). The number of rotatable bonds is 4. The van der Waals surface area contributed by atoms with E-state index in [1.54, 1.807) is 0 Å². The van der Waals surface area contributed by atoms with E-state index in [4.69, 9.17) is 0 Å². The third kappa shape index (κ3) is 2.13. The molecule has 0 spiro atoms. The van der Waals surface area contributed by atoms with Crippen LogP contribution in [0.3, 0.4) is 0 Å². The summed E-state index contributed by atoms with van der Waals surface area (Å²) >= 11 is 0. The number of nitriles is 1. The summed E-state index contributed by atoms with van der Waals surface area (Å²) in [4.78, 5) is 24.4. The highest BCUT2D eigenvalue weighted by Gasteiger charge is 2.42. The standard InChI is InChI=1S/C13H19N3O2/c1-15-13(9-14)7-2-3-10(13)6-8-16-11(17)4-5-12(16)18/h10,15H,2-8H2,1H3. The Morgan fingerprint density at radius 2 is 2.11 bits per heavy atom. The minimum absolute atomic E-state index is 0.0648. The van der Waals surface area contributed by atoms with Gasteiger partial charge in [-0.1, -0.05) is 6.42 Å². The molecular weight excluding hydrogens is 230 g/mol. The third-order valence-corrected chi connectivity index (χ3v) is 4.32. The lowest BCUT2D eigenvalue weighted by molar-refractivity contribution is -0.138. The molecule has 0 aromatic heterocycles. The van der Waals surface area contributed by atoms with E-state index in [1.807, 2.05) is 7.05 Å². The van der Waals surface area contributed by atoms with Gasteiger partial charge in [0.25, 0.3) is 0 Å². The van der Waals surface area contributed by atoms with E-state index in [1.165, 1.54) is 4.90 Å². The number of imide groups is 1. The fraction of sp³-hybridized carbons (Fsp3) is 0.769. The van der Waals surface area contributed by atoms with Crippen LogP contribution in [-0.2, 0) is 9.59 Å². The smallest absolute Gasteiger partial charge is 0.229 e. The van der Waals surface area contributed by atoms with Crippen LogP contribution >= 0.6 is 0 Å². The van der Waals surface area contributed by atoms with E-state index in [0.29, 0.717) is 19.4 Å². The normalized spacial score (nSPS) is 32.0. The molecule has 0 aromatic carbocycles. The van der Waals surface area contributed by atoms with Gasteiger partial charge < -0.3 is 5.32 Å². The van der Waals surface area contributed by atoms with Gasteiger partial charge in [0.05, 0.1) is 6.07 Å². The Bertz CT molecular complexity index is 386. The van der Waals surface area contributed by atoms with Crippen LogP contribution in [0.5, 0.6) is 0 Å². The highest BCUT2D eigenvalue weighted by Crippen LogP contribution is 2.37. The van der Waals surface area contributed by atoms with Gasteiger partial charge in [-0.05, 0) is 32.2 Å². The Labute approximate surface area is 107 Å². The van der Waals surface area contributed by atoms with Crippen LogP contribution in [0.1, 0.15) is 38.5 Å². The lowest BCUT2D eigenvalue weighted by Gasteiger charge is -2.29. The molecule has 0 bridgehead atoms. The number of nitrogens with one attached hydrogen (secondary N) is 1. The highest BCUT2D eigenvalue weighted by atomic mass is 16.2. The maximum Gasteiger partial charge on any atom is 0.229 e. The molecule has 0 aromatic rings. The zero-order valence-electron chi connectivity index (χ0n) is 10.7. The Balaban J connectivity index is 1.96. The molecule has 1 heterocycles. The summed E-state index contributed by atoms with van der Waals surface area (Å²) in [5, 5.41) is 12.4. The molecule has 0 radical (unpaired) electrons. The topological polar surface area (TPSA) is 73.2 Å². The van der Waals surface area contributed by atoms with Gasteiger partial charge in [-0.15, -0.1) is 0 Å². The summed E-state index contributed by atoms with van der Waals surface area (Å²) in [6.07, 6.45) is 4.29. The monoisotopic (exact) mass is 249 g/mol. The molecule has 1 aliphatic carbocycles. The molecule has 2 fully saturated rings. The van der Waals surface area contributed by atoms with Crippen LogP contribution in [-0.4, -0.2) is 35.8 Å². The minimum atomic E-state index is -0.466. The van der Waals surface area contributed by atoms with Gasteiger partial charge in [-0.3, -0.25) is 14.5 Å². The number of nitrogens with zero attached hydrogens (tertiary/aromatic N) is 2. The molecule has 1 saturated carbocycles. The van der Waals surface area contributed by atoms with Crippen molar-refractivity contribution in [2.75, 3.05) is 13.6 Å². The average Bonchev–Trinajstić information content (AvgIpc) is 2.92. The first-order chi connectivity index (χ1) is 8.63. The quantitative estimate of drug-likeness (QED) is 0.748. The van der Waals surface area contributed by atoms with Crippen LogP contribution in [0.15, 0.2) is 0 Å². The molecule has 2 aliphatic rings. The van der Waals surface area contributed by atoms with Crippen molar-refractivity contribution in [1.29, 1.82) is 5.26 Å². The van der Waals surface area contributed by atoms with Crippen LogP contribution in [0.2, 0.25) is 0 Å². The first kappa shape index (κ1) is 13.0. The van der Waals surface area contributed by atoms with Crippen molar-refractivity contribution in [3.63, 3.8) is 0 Å². The summed E-state index contributed by atoms with van der Waals surface area (Å²) in [5.74, 6) is 0.101. The van der Waals surface area contributed by atoms with E-state index in [2.05, 4.69) is 11.4 Å². The van der Waals surface area contributed by atoms with E-state index < -0.39 is 5.54 Å². The molecule has 5 nitrogen and oxygen atoms in total. The summed E-state index contributed by atoms with van der Waals surface area (Å²) < 4.78 is 0. The predicted octanol–water partition coefficient (Wildman–Crippen LogP) is 0.807. The fourth-order valence-corrected chi connectivity index (χ4v) is 3.16. The van der Waals surface area contributed by atoms with E-state index in [-0.39, 0.29) is 17.7 Å². The van der Waals surface area contributed by atoms with E-state index in [0.717, 1.165) is 25.7 Å². The summed E-state index contributed by atoms with van der Waals surface area (Å²) in [7, 11) is 1.81.